The molecule has 4 nitrogen and oxygen atoms in total. The molecular formula is C15H22ClNO3. The summed E-state index contributed by atoms with van der Waals surface area (Å²) in [6.45, 7) is 5.41. The molecule has 2 aliphatic heterocycles. The van der Waals surface area contributed by atoms with E-state index in [9.17, 15) is 0 Å². The molecule has 1 aromatic rings. The standard InChI is InChI=1S/C15H21NO3.ClH/c1-2-6-16(7-3-1)8-9-17-13-4-5-14-15(12-13)19-11-10-18-14;/h4-5,12H,1-3,6-11H2;1H. The Hall–Kier alpha value is -1.13. The third-order valence-electron chi connectivity index (χ3n) is 3.64. The number of ether oxygens (including phenoxy) is 3. The first-order valence-corrected chi connectivity index (χ1v) is 7.17. The van der Waals surface area contributed by atoms with E-state index in [1.54, 1.807) is 0 Å². The van der Waals surface area contributed by atoms with Crippen molar-refractivity contribution in [1.82, 2.24) is 4.90 Å². The lowest BCUT2D eigenvalue weighted by atomic mass is 10.1. The Balaban J connectivity index is 0.00000147. The molecule has 2 aliphatic rings. The first kappa shape index (κ1) is 15.3. The lowest BCUT2D eigenvalue weighted by Gasteiger charge is -2.26. The zero-order chi connectivity index (χ0) is 12.9. The molecule has 3 rings (SSSR count). The van der Waals surface area contributed by atoms with Gasteiger partial charge in [0, 0.05) is 12.6 Å². The first-order valence-electron chi connectivity index (χ1n) is 7.17. The predicted octanol–water partition coefficient (Wildman–Crippen LogP) is 2.74. The summed E-state index contributed by atoms with van der Waals surface area (Å²) in [6.07, 6.45) is 4.02. The van der Waals surface area contributed by atoms with Crippen LogP contribution in [0.15, 0.2) is 18.2 Å². The lowest BCUT2D eigenvalue weighted by molar-refractivity contribution is 0.167. The fourth-order valence-corrected chi connectivity index (χ4v) is 2.59. The van der Waals surface area contributed by atoms with E-state index in [4.69, 9.17) is 14.2 Å². The maximum Gasteiger partial charge on any atom is 0.165 e. The van der Waals surface area contributed by atoms with E-state index in [0.717, 1.165) is 30.4 Å². The number of nitrogens with zero attached hydrogens (tertiary/aromatic N) is 1. The SMILES string of the molecule is Cl.c1cc2c(cc1OCCN1CCCCC1)OCCO2. The maximum atomic E-state index is 5.80. The number of hydrogen-bond acceptors (Lipinski definition) is 4. The molecule has 0 aliphatic carbocycles. The van der Waals surface area contributed by atoms with Crippen molar-refractivity contribution in [3.8, 4) is 17.2 Å². The molecule has 0 N–H and O–H groups in total. The summed E-state index contributed by atoms with van der Waals surface area (Å²) < 4.78 is 16.8. The summed E-state index contributed by atoms with van der Waals surface area (Å²) in [6, 6.07) is 5.79. The molecule has 2 heterocycles. The third-order valence-corrected chi connectivity index (χ3v) is 3.64. The third kappa shape index (κ3) is 3.93. The highest BCUT2D eigenvalue weighted by Crippen LogP contribution is 2.33. The highest BCUT2D eigenvalue weighted by atomic mass is 35.5. The van der Waals surface area contributed by atoms with Gasteiger partial charge in [0.1, 0.15) is 25.6 Å². The van der Waals surface area contributed by atoms with E-state index in [1.807, 2.05) is 18.2 Å². The predicted molar refractivity (Wildman–Crippen MR) is 80.5 cm³/mol. The lowest BCUT2D eigenvalue weighted by Crippen LogP contribution is -2.33. The molecule has 0 spiro atoms. The van der Waals surface area contributed by atoms with Gasteiger partial charge in [0.25, 0.3) is 0 Å². The van der Waals surface area contributed by atoms with Crippen molar-refractivity contribution in [2.24, 2.45) is 0 Å². The van der Waals surface area contributed by atoms with Gasteiger partial charge in [0.05, 0.1) is 0 Å². The number of halogens is 1. The van der Waals surface area contributed by atoms with E-state index >= 15 is 0 Å². The van der Waals surface area contributed by atoms with Gasteiger partial charge in [0.2, 0.25) is 0 Å². The Bertz CT molecular complexity index is 422. The molecule has 1 fully saturated rings. The Morgan fingerprint density at radius 2 is 1.75 bits per heavy atom. The Kier molecular flexibility index (Phi) is 5.80. The van der Waals surface area contributed by atoms with Crippen LogP contribution in [0.1, 0.15) is 19.3 Å². The molecule has 0 unspecified atom stereocenters. The highest BCUT2D eigenvalue weighted by molar-refractivity contribution is 5.85. The van der Waals surface area contributed by atoms with Crippen LogP contribution in [-0.2, 0) is 0 Å². The number of hydrogen-bond donors (Lipinski definition) is 0. The number of fused-ring (bicyclic) bond motifs is 1. The molecule has 112 valence electrons. The normalized spacial score (nSPS) is 18.2. The van der Waals surface area contributed by atoms with Crippen LogP contribution in [0.25, 0.3) is 0 Å². The monoisotopic (exact) mass is 299 g/mol. The van der Waals surface area contributed by atoms with E-state index in [2.05, 4.69) is 4.90 Å². The minimum Gasteiger partial charge on any atom is -0.492 e. The number of likely N-dealkylation sites (tertiary alicyclic amines) is 1. The Morgan fingerprint density at radius 1 is 1.00 bits per heavy atom. The van der Waals surface area contributed by atoms with E-state index in [0.29, 0.717) is 13.2 Å². The van der Waals surface area contributed by atoms with Crippen LogP contribution < -0.4 is 14.2 Å². The van der Waals surface area contributed by atoms with Gasteiger partial charge in [0.15, 0.2) is 11.5 Å². The number of rotatable bonds is 4. The van der Waals surface area contributed by atoms with E-state index < -0.39 is 0 Å². The van der Waals surface area contributed by atoms with E-state index in [1.165, 1.54) is 32.4 Å². The van der Waals surface area contributed by atoms with Crippen LogP contribution in [0, 0.1) is 0 Å². The van der Waals surface area contributed by atoms with Crippen molar-refractivity contribution in [3.63, 3.8) is 0 Å². The largest absolute Gasteiger partial charge is 0.492 e. The summed E-state index contributed by atoms with van der Waals surface area (Å²) in [7, 11) is 0. The topological polar surface area (TPSA) is 30.9 Å². The summed E-state index contributed by atoms with van der Waals surface area (Å²) in [5.41, 5.74) is 0. The molecular weight excluding hydrogens is 278 g/mol. The summed E-state index contributed by atoms with van der Waals surface area (Å²) in [4.78, 5) is 2.47. The fourth-order valence-electron chi connectivity index (χ4n) is 2.59. The Labute approximate surface area is 126 Å². The summed E-state index contributed by atoms with van der Waals surface area (Å²) >= 11 is 0. The molecule has 0 radical (unpaired) electrons. The van der Waals surface area contributed by atoms with Crippen molar-refractivity contribution in [3.05, 3.63) is 18.2 Å². The molecule has 0 aromatic heterocycles. The van der Waals surface area contributed by atoms with Crippen molar-refractivity contribution in [2.75, 3.05) is 39.5 Å². The maximum absolute atomic E-state index is 5.80. The summed E-state index contributed by atoms with van der Waals surface area (Å²) in [5.74, 6) is 2.47. The van der Waals surface area contributed by atoms with Crippen LogP contribution in [0.4, 0.5) is 0 Å². The van der Waals surface area contributed by atoms with Gasteiger partial charge in [-0.15, -0.1) is 12.4 Å². The molecule has 0 atom stereocenters. The first-order chi connectivity index (χ1) is 9.42. The second-order valence-corrected chi connectivity index (χ2v) is 5.06. The van der Waals surface area contributed by atoms with Gasteiger partial charge in [-0.05, 0) is 38.1 Å². The Morgan fingerprint density at radius 3 is 2.55 bits per heavy atom. The van der Waals surface area contributed by atoms with Crippen LogP contribution in [-0.4, -0.2) is 44.4 Å². The number of benzene rings is 1. The smallest absolute Gasteiger partial charge is 0.165 e. The van der Waals surface area contributed by atoms with Gasteiger partial charge in [-0.1, -0.05) is 6.42 Å². The van der Waals surface area contributed by atoms with Crippen molar-refractivity contribution >= 4 is 12.4 Å². The average Bonchev–Trinajstić information content (AvgIpc) is 2.48. The molecule has 1 aromatic carbocycles. The average molecular weight is 300 g/mol. The van der Waals surface area contributed by atoms with Gasteiger partial charge in [-0.2, -0.15) is 0 Å². The number of piperidine rings is 1. The van der Waals surface area contributed by atoms with E-state index in [-0.39, 0.29) is 12.4 Å². The summed E-state index contributed by atoms with van der Waals surface area (Å²) in [5, 5.41) is 0. The fraction of sp³-hybridized carbons (Fsp3) is 0.600. The van der Waals surface area contributed by atoms with Crippen molar-refractivity contribution < 1.29 is 14.2 Å². The van der Waals surface area contributed by atoms with Crippen LogP contribution in [0.3, 0.4) is 0 Å². The molecule has 0 saturated carbocycles. The second-order valence-electron chi connectivity index (χ2n) is 5.06. The molecule has 20 heavy (non-hydrogen) atoms. The van der Waals surface area contributed by atoms with Crippen LogP contribution in [0.2, 0.25) is 0 Å². The second kappa shape index (κ2) is 7.60. The highest BCUT2D eigenvalue weighted by Gasteiger charge is 2.13. The van der Waals surface area contributed by atoms with Gasteiger partial charge in [-0.25, -0.2) is 0 Å². The van der Waals surface area contributed by atoms with Gasteiger partial charge in [-0.3, -0.25) is 4.90 Å². The minimum atomic E-state index is 0. The zero-order valence-electron chi connectivity index (χ0n) is 11.7. The van der Waals surface area contributed by atoms with Crippen LogP contribution >= 0.6 is 12.4 Å². The quantitative estimate of drug-likeness (QED) is 0.855. The van der Waals surface area contributed by atoms with Gasteiger partial charge < -0.3 is 14.2 Å². The van der Waals surface area contributed by atoms with Gasteiger partial charge >= 0.3 is 0 Å². The minimum absolute atomic E-state index is 0. The molecule has 0 bridgehead atoms. The van der Waals surface area contributed by atoms with Crippen molar-refractivity contribution in [1.29, 1.82) is 0 Å². The molecule has 1 saturated heterocycles. The molecule has 0 amide bonds. The van der Waals surface area contributed by atoms with Crippen LogP contribution in [0.5, 0.6) is 17.2 Å². The zero-order valence-corrected chi connectivity index (χ0v) is 12.5. The van der Waals surface area contributed by atoms with Crippen molar-refractivity contribution in [2.45, 2.75) is 19.3 Å². The molecule has 5 heteroatoms.